The summed E-state index contributed by atoms with van der Waals surface area (Å²) < 4.78 is 2.03. The van der Waals surface area contributed by atoms with Crippen LogP contribution in [-0.2, 0) is 0 Å². The van der Waals surface area contributed by atoms with Gasteiger partial charge in [0.25, 0.3) is 5.69 Å². The summed E-state index contributed by atoms with van der Waals surface area (Å²) in [6, 6.07) is 10.5. The van der Waals surface area contributed by atoms with Crippen molar-refractivity contribution >= 4 is 11.3 Å². The number of non-ortho nitro benzene ring substituents is 1. The molecule has 1 aromatic carbocycles. The fourth-order valence-corrected chi connectivity index (χ4v) is 2.78. The van der Waals surface area contributed by atoms with Crippen LogP contribution in [0.15, 0.2) is 42.6 Å². The molecule has 2 N–H and O–H groups in total. The average Bonchev–Trinajstić information content (AvgIpc) is 2.95. The van der Waals surface area contributed by atoms with E-state index in [2.05, 4.69) is 0 Å². The van der Waals surface area contributed by atoms with Gasteiger partial charge in [0.1, 0.15) is 5.65 Å². The Labute approximate surface area is 133 Å². The van der Waals surface area contributed by atoms with Crippen molar-refractivity contribution < 1.29 is 4.92 Å². The molecule has 118 valence electrons. The Bertz CT molecular complexity index is 885. The molecule has 6 nitrogen and oxygen atoms in total. The van der Waals surface area contributed by atoms with Gasteiger partial charge in [-0.3, -0.25) is 10.1 Å². The Morgan fingerprint density at radius 1 is 1.35 bits per heavy atom. The summed E-state index contributed by atoms with van der Waals surface area (Å²) >= 11 is 0. The highest BCUT2D eigenvalue weighted by Crippen LogP contribution is 2.32. The van der Waals surface area contributed by atoms with E-state index in [0.717, 1.165) is 28.2 Å². The number of fused-ring (bicyclic) bond motifs is 1. The number of nitrogens with two attached hydrogens (primary N) is 1. The number of hydrogen-bond acceptors (Lipinski definition) is 4. The predicted molar refractivity (Wildman–Crippen MR) is 89.5 cm³/mol. The highest BCUT2D eigenvalue weighted by molar-refractivity contribution is 5.70. The van der Waals surface area contributed by atoms with Crippen LogP contribution in [0.5, 0.6) is 0 Å². The molecule has 0 bridgehead atoms. The third-order valence-electron chi connectivity index (χ3n) is 4.03. The Kier molecular flexibility index (Phi) is 3.83. The minimum Gasteiger partial charge on any atom is -0.330 e. The number of pyridine rings is 1. The maximum atomic E-state index is 11.0. The van der Waals surface area contributed by atoms with Gasteiger partial charge in [0.05, 0.1) is 16.3 Å². The van der Waals surface area contributed by atoms with Crippen LogP contribution in [-0.4, -0.2) is 20.9 Å². The van der Waals surface area contributed by atoms with Crippen LogP contribution in [0.25, 0.3) is 16.9 Å². The molecule has 3 rings (SSSR count). The lowest BCUT2D eigenvalue weighted by molar-refractivity contribution is -0.384. The minimum atomic E-state index is -0.392. The monoisotopic (exact) mass is 310 g/mol. The molecule has 0 amide bonds. The van der Waals surface area contributed by atoms with E-state index in [1.165, 1.54) is 6.07 Å². The Morgan fingerprint density at radius 2 is 2.13 bits per heavy atom. The van der Waals surface area contributed by atoms with Crippen molar-refractivity contribution in [3.63, 3.8) is 0 Å². The molecule has 0 spiro atoms. The smallest absolute Gasteiger partial charge is 0.270 e. The maximum absolute atomic E-state index is 11.0. The normalized spacial score (nSPS) is 12.5. The number of aromatic nitrogens is 2. The molecule has 6 heteroatoms. The number of aryl methyl sites for hydroxylation is 1. The largest absolute Gasteiger partial charge is 0.330 e. The van der Waals surface area contributed by atoms with Crippen molar-refractivity contribution in [2.24, 2.45) is 5.73 Å². The SMILES string of the molecule is Cc1cccn2c(C(C)CN)c(-c3cccc([N+](=O)[O-])c3)nc12. The van der Waals surface area contributed by atoms with Crippen LogP contribution < -0.4 is 5.73 Å². The topological polar surface area (TPSA) is 86.5 Å². The van der Waals surface area contributed by atoms with Crippen LogP contribution in [0.1, 0.15) is 24.1 Å². The highest BCUT2D eigenvalue weighted by atomic mass is 16.6. The number of rotatable bonds is 4. The van der Waals surface area contributed by atoms with Gasteiger partial charge in [0.2, 0.25) is 0 Å². The van der Waals surface area contributed by atoms with E-state index >= 15 is 0 Å². The molecule has 0 aliphatic heterocycles. The first-order chi connectivity index (χ1) is 11.0. The van der Waals surface area contributed by atoms with Gasteiger partial charge in [-0.2, -0.15) is 0 Å². The standard InChI is InChI=1S/C17H18N4O2/c1-11-5-4-8-20-16(12(2)10-18)15(19-17(11)20)13-6-3-7-14(9-13)21(22)23/h3-9,12H,10,18H2,1-2H3. The van der Waals surface area contributed by atoms with E-state index in [4.69, 9.17) is 10.7 Å². The summed E-state index contributed by atoms with van der Waals surface area (Å²) in [7, 11) is 0. The zero-order valence-corrected chi connectivity index (χ0v) is 13.1. The second kappa shape index (κ2) is 5.81. The fraction of sp³-hybridized carbons (Fsp3) is 0.235. The van der Waals surface area contributed by atoms with E-state index in [1.54, 1.807) is 12.1 Å². The highest BCUT2D eigenvalue weighted by Gasteiger charge is 2.20. The zero-order chi connectivity index (χ0) is 16.6. The van der Waals surface area contributed by atoms with Crippen molar-refractivity contribution in [1.29, 1.82) is 0 Å². The third-order valence-corrected chi connectivity index (χ3v) is 4.03. The quantitative estimate of drug-likeness (QED) is 0.592. The van der Waals surface area contributed by atoms with Crippen molar-refractivity contribution in [2.45, 2.75) is 19.8 Å². The molecule has 0 fully saturated rings. The van der Waals surface area contributed by atoms with E-state index in [0.29, 0.717) is 6.54 Å². The fourth-order valence-electron chi connectivity index (χ4n) is 2.78. The summed E-state index contributed by atoms with van der Waals surface area (Å²) in [6.07, 6.45) is 1.96. The number of nitro benzene ring substituents is 1. The molecule has 0 aliphatic rings. The second-order valence-electron chi connectivity index (χ2n) is 5.67. The number of hydrogen-bond donors (Lipinski definition) is 1. The first-order valence-corrected chi connectivity index (χ1v) is 7.45. The number of imidazole rings is 1. The van der Waals surface area contributed by atoms with Crippen LogP contribution >= 0.6 is 0 Å². The van der Waals surface area contributed by atoms with Crippen molar-refractivity contribution in [3.05, 3.63) is 64.0 Å². The van der Waals surface area contributed by atoms with Gasteiger partial charge in [-0.15, -0.1) is 0 Å². The Balaban J connectivity index is 2.30. The molecule has 1 unspecified atom stereocenters. The lowest BCUT2D eigenvalue weighted by atomic mass is 10.0. The van der Waals surface area contributed by atoms with E-state index in [-0.39, 0.29) is 11.6 Å². The molecule has 0 saturated carbocycles. The van der Waals surface area contributed by atoms with Gasteiger partial charge < -0.3 is 10.1 Å². The molecule has 0 aliphatic carbocycles. The molecule has 0 saturated heterocycles. The first-order valence-electron chi connectivity index (χ1n) is 7.45. The summed E-state index contributed by atoms with van der Waals surface area (Å²) in [5, 5.41) is 11.0. The molecule has 1 atom stereocenters. The van der Waals surface area contributed by atoms with E-state index < -0.39 is 4.92 Å². The number of nitrogens with zero attached hydrogens (tertiary/aromatic N) is 3. The van der Waals surface area contributed by atoms with Crippen LogP contribution in [0.3, 0.4) is 0 Å². The predicted octanol–water partition coefficient (Wildman–Crippen LogP) is 3.28. The molecule has 0 radical (unpaired) electrons. The van der Waals surface area contributed by atoms with Gasteiger partial charge in [-0.25, -0.2) is 4.98 Å². The second-order valence-corrected chi connectivity index (χ2v) is 5.67. The number of nitro groups is 1. The van der Waals surface area contributed by atoms with Crippen LogP contribution in [0.2, 0.25) is 0 Å². The van der Waals surface area contributed by atoms with Crippen LogP contribution in [0, 0.1) is 17.0 Å². The maximum Gasteiger partial charge on any atom is 0.270 e. The van der Waals surface area contributed by atoms with Gasteiger partial charge >= 0.3 is 0 Å². The molecule has 2 heterocycles. The van der Waals surface area contributed by atoms with E-state index in [1.807, 2.05) is 42.6 Å². The summed E-state index contributed by atoms with van der Waals surface area (Å²) in [4.78, 5) is 15.4. The first kappa shape index (κ1) is 15.2. The van der Waals surface area contributed by atoms with Gasteiger partial charge in [0.15, 0.2) is 0 Å². The van der Waals surface area contributed by atoms with Gasteiger partial charge in [0, 0.05) is 36.4 Å². The number of benzene rings is 1. The Hall–Kier alpha value is -2.73. The zero-order valence-electron chi connectivity index (χ0n) is 13.1. The molecule has 3 aromatic rings. The summed E-state index contributed by atoms with van der Waals surface area (Å²) in [6.45, 7) is 4.51. The van der Waals surface area contributed by atoms with Crippen molar-refractivity contribution in [3.8, 4) is 11.3 Å². The molecular formula is C17H18N4O2. The summed E-state index contributed by atoms with van der Waals surface area (Å²) in [5.74, 6) is 0.0843. The minimum absolute atomic E-state index is 0.0580. The van der Waals surface area contributed by atoms with Gasteiger partial charge in [-0.05, 0) is 18.6 Å². The average molecular weight is 310 g/mol. The third kappa shape index (κ3) is 2.57. The van der Waals surface area contributed by atoms with Gasteiger partial charge in [-0.1, -0.05) is 25.1 Å². The lowest BCUT2D eigenvalue weighted by Crippen LogP contribution is -2.12. The van der Waals surface area contributed by atoms with E-state index in [9.17, 15) is 10.1 Å². The van der Waals surface area contributed by atoms with Crippen LogP contribution in [0.4, 0.5) is 5.69 Å². The Morgan fingerprint density at radius 3 is 2.83 bits per heavy atom. The molecule has 23 heavy (non-hydrogen) atoms. The van der Waals surface area contributed by atoms with Crippen molar-refractivity contribution in [1.82, 2.24) is 9.38 Å². The van der Waals surface area contributed by atoms with Crippen molar-refractivity contribution in [2.75, 3.05) is 6.54 Å². The molecular weight excluding hydrogens is 292 g/mol. The lowest BCUT2D eigenvalue weighted by Gasteiger charge is -2.11. The summed E-state index contributed by atoms with van der Waals surface area (Å²) in [5.41, 5.74) is 10.3. The molecule has 2 aromatic heterocycles.